The van der Waals surface area contributed by atoms with E-state index in [2.05, 4.69) is 51.1 Å². The molecule has 0 radical (unpaired) electrons. The highest BCUT2D eigenvalue weighted by Gasteiger charge is 2.58. The fourth-order valence-electron chi connectivity index (χ4n) is 8.68. The summed E-state index contributed by atoms with van der Waals surface area (Å²) in [6, 6.07) is 16.8. The third-order valence-corrected chi connectivity index (χ3v) is 11.1. The lowest BCUT2D eigenvalue weighted by Crippen LogP contribution is -2.51. The van der Waals surface area contributed by atoms with Crippen molar-refractivity contribution in [1.29, 1.82) is 0 Å². The third-order valence-electron chi connectivity index (χ3n) is 10.9. The fraction of sp³-hybridized carbons (Fsp3) is 0.471. The second-order valence-corrected chi connectivity index (χ2v) is 13.3. The summed E-state index contributed by atoms with van der Waals surface area (Å²) in [4.78, 5) is 10.6. The average molecular weight is 525 g/mol. The van der Waals surface area contributed by atoms with Gasteiger partial charge in [-0.05, 0) is 99.3 Å². The summed E-state index contributed by atoms with van der Waals surface area (Å²) in [6.45, 7) is 7.13. The molecule has 2 fully saturated rings. The van der Waals surface area contributed by atoms with Gasteiger partial charge in [-0.15, -0.1) is 0 Å². The molecule has 7 rings (SSSR count). The molecule has 3 nitrogen and oxygen atoms in total. The van der Waals surface area contributed by atoms with Crippen molar-refractivity contribution < 1.29 is 5.11 Å². The number of fused-ring (bicyclic) bond motifs is 7. The van der Waals surface area contributed by atoms with Crippen molar-refractivity contribution in [3.05, 3.63) is 82.0 Å². The summed E-state index contributed by atoms with van der Waals surface area (Å²) in [5.41, 5.74) is 9.01. The number of aliphatic hydroxyl groups excluding tert-OH is 1. The van der Waals surface area contributed by atoms with Gasteiger partial charge in [-0.25, -0.2) is 9.97 Å². The van der Waals surface area contributed by atoms with Crippen molar-refractivity contribution in [1.82, 2.24) is 9.97 Å². The summed E-state index contributed by atoms with van der Waals surface area (Å²) in [5.74, 6) is 2.71. The van der Waals surface area contributed by atoms with E-state index in [1.54, 1.807) is 0 Å². The lowest BCUT2D eigenvalue weighted by atomic mass is 9.48. The molecule has 196 valence electrons. The Morgan fingerprint density at radius 2 is 1.55 bits per heavy atom. The van der Waals surface area contributed by atoms with Crippen molar-refractivity contribution in [2.75, 3.05) is 0 Å². The normalized spacial score (nSPS) is 33.6. The summed E-state index contributed by atoms with van der Waals surface area (Å²) >= 11 is 6.22. The first-order valence-electron chi connectivity index (χ1n) is 14.4. The van der Waals surface area contributed by atoms with E-state index < -0.39 is 0 Å². The monoisotopic (exact) mass is 524 g/mol. The zero-order chi connectivity index (χ0) is 26.2. The first kappa shape index (κ1) is 24.5. The van der Waals surface area contributed by atoms with Crippen LogP contribution in [0, 0.1) is 30.1 Å². The van der Waals surface area contributed by atoms with Crippen molar-refractivity contribution in [3.8, 4) is 22.6 Å². The lowest BCUT2D eigenvalue weighted by Gasteiger charge is -2.57. The molecule has 0 amide bonds. The van der Waals surface area contributed by atoms with E-state index in [9.17, 15) is 5.11 Å². The van der Waals surface area contributed by atoms with E-state index in [0.29, 0.717) is 17.8 Å². The summed E-state index contributed by atoms with van der Waals surface area (Å²) in [7, 11) is 0. The number of halogens is 1. The summed E-state index contributed by atoms with van der Waals surface area (Å²) in [5, 5.41) is 11.1. The smallest absolute Gasteiger partial charge is 0.160 e. The molecule has 0 bridgehead atoms. The quantitative estimate of drug-likeness (QED) is 0.344. The fourth-order valence-corrected chi connectivity index (χ4v) is 8.81. The SMILES string of the molecule is Cc1ccc(-c2nc(-c3ccc(Cl)cc3)nc3c2C[C@H]2[C@H]4CC=C5C[C@@H](O)CC[C@]5(C)[C@H]4CC[C@]32C)cc1. The van der Waals surface area contributed by atoms with Crippen LogP contribution in [0.2, 0.25) is 5.02 Å². The van der Waals surface area contributed by atoms with Crippen LogP contribution in [-0.2, 0) is 11.8 Å². The molecule has 6 atom stereocenters. The molecule has 38 heavy (non-hydrogen) atoms. The summed E-state index contributed by atoms with van der Waals surface area (Å²) in [6.07, 6.45) is 9.88. The van der Waals surface area contributed by atoms with Gasteiger partial charge in [0, 0.05) is 27.1 Å². The largest absolute Gasteiger partial charge is 0.393 e. The van der Waals surface area contributed by atoms with Crippen LogP contribution < -0.4 is 0 Å². The van der Waals surface area contributed by atoms with Crippen molar-refractivity contribution in [3.63, 3.8) is 0 Å². The van der Waals surface area contributed by atoms with Crippen LogP contribution in [0.15, 0.2) is 60.2 Å². The second kappa shape index (κ2) is 8.76. The number of benzene rings is 2. The molecule has 1 aromatic heterocycles. The van der Waals surface area contributed by atoms with Crippen LogP contribution >= 0.6 is 11.6 Å². The van der Waals surface area contributed by atoms with E-state index in [1.807, 2.05) is 24.3 Å². The zero-order valence-electron chi connectivity index (χ0n) is 22.7. The minimum Gasteiger partial charge on any atom is -0.393 e. The molecule has 0 saturated heterocycles. The van der Waals surface area contributed by atoms with Gasteiger partial charge in [-0.3, -0.25) is 0 Å². The van der Waals surface area contributed by atoms with Gasteiger partial charge in [0.2, 0.25) is 0 Å². The van der Waals surface area contributed by atoms with Crippen LogP contribution in [0.4, 0.5) is 0 Å². The van der Waals surface area contributed by atoms with Crippen LogP contribution in [0.25, 0.3) is 22.6 Å². The van der Waals surface area contributed by atoms with Gasteiger partial charge in [0.1, 0.15) is 0 Å². The van der Waals surface area contributed by atoms with Crippen molar-refractivity contribution in [2.24, 2.45) is 23.2 Å². The van der Waals surface area contributed by atoms with E-state index in [-0.39, 0.29) is 16.9 Å². The molecule has 2 saturated carbocycles. The Balaban J connectivity index is 1.35. The number of aliphatic hydroxyl groups is 1. The standard InChI is InChI=1S/C34H37ClN2O/c1-20-4-6-21(7-5-20)30-27-19-29-26-13-10-23-18-25(38)14-16-33(23,2)28(26)15-17-34(29,3)31(27)37-32(36-30)22-8-11-24(35)12-9-22/h4-12,25-26,28-29,38H,13-19H2,1-3H3/t25-,26-,28-,29-,33-,34-/m0/s1. The van der Waals surface area contributed by atoms with Crippen LogP contribution in [-0.4, -0.2) is 21.2 Å². The number of allylic oxidation sites excluding steroid dienone is 1. The van der Waals surface area contributed by atoms with Gasteiger partial charge in [0.05, 0.1) is 17.5 Å². The Hall–Kier alpha value is -2.49. The second-order valence-electron chi connectivity index (χ2n) is 12.9. The summed E-state index contributed by atoms with van der Waals surface area (Å²) < 4.78 is 0. The van der Waals surface area contributed by atoms with E-state index in [1.165, 1.54) is 40.8 Å². The Morgan fingerprint density at radius 1 is 0.842 bits per heavy atom. The molecule has 4 aliphatic rings. The van der Waals surface area contributed by atoms with Crippen LogP contribution in [0.1, 0.15) is 69.2 Å². The van der Waals surface area contributed by atoms with Gasteiger partial charge in [-0.2, -0.15) is 0 Å². The molecule has 1 heterocycles. The van der Waals surface area contributed by atoms with Gasteiger partial charge in [0.25, 0.3) is 0 Å². The van der Waals surface area contributed by atoms with E-state index in [0.717, 1.165) is 54.2 Å². The van der Waals surface area contributed by atoms with Crippen LogP contribution in [0.5, 0.6) is 0 Å². The highest BCUT2D eigenvalue weighted by molar-refractivity contribution is 6.30. The Morgan fingerprint density at radius 3 is 2.32 bits per heavy atom. The predicted molar refractivity (Wildman–Crippen MR) is 154 cm³/mol. The molecule has 3 aromatic rings. The Labute approximate surface area is 231 Å². The molecule has 4 aliphatic carbocycles. The molecule has 4 heteroatoms. The van der Waals surface area contributed by atoms with Crippen LogP contribution in [0.3, 0.4) is 0 Å². The van der Waals surface area contributed by atoms with Gasteiger partial charge < -0.3 is 5.11 Å². The zero-order valence-corrected chi connectivity index (χ0v) is 23.4. The molecule has 0 aliphatic heterocycles. The maximum Gasteiger partial charge on any atom is 0.160 e. The maximum absolute atomic E-state index is 10.4. The minimum absolute atomic E-state index is 0.0515. The number of aryl methyl sites for hydroxylation is 1. The van der Waals surface area contributed by atoms with E-state index in [4.69, 9.17) is 21.6 Å². The number of aromatic nitrogens is 2. The minimum atomic E-state index is -0.158. The number of hydrogen-bond acceptors (Lipinski definition) is 3. The molecule has 0 unspecified atom stereocenters. The maximum atomic E-state index is 10.4. The third kappa shape index (κ3) is 3.65. The van der Waals surface area contributed by atoms with Crippen molar-refractivity contribution >= 4 is 11.6 Å². The molecular formula is C34H37ClN2O. The first-order chi connectivity index (χ1) is 18.3. The average Bonchev–Trinajstić information content (AvgIpc) is 3.22. The number of hydrogen-bond donors (Lipinski definition) is 1. The molecule has 0 spiro atoms. The Bertz CT molecular complexity index is 1430. The van der Waals surface area contributed by atoms with E-state index >= 15 is 0 Å². The molecule has 2 aromatic carbocycles. The Kier molecular flexibility index (Phi) is 5.66. The molecular weight excluding hydrogens is 488 g/mol. The lowest BCUT2D eigenvalue weighted by molar-refractivity contribution is -0.0169. The topological polar surface area (TPSA) is 46.0 Å². The van der Waals surface area contributed by atoms with Crippen molar-refractivity contribution in [2.45, 2.75) is 77.2 Å². The first-order valence-corrected chi connectivity index (χ1v) is 14.8. The molecule has 1 N–H and O–H groups in total. The highest BCUT2D eigenvalue weighted by Crippen LogP contribution is 2.64. The number of nitrogens with zero attached hydrogens (tertiary/aromatic N) is 2. The van der Waals surface area contributed by atoms with Gasteiger partial charge in [-0.1, -0.05) is 66.9 Å². The van der Waals surface area contributed by atoms with Gasteiger partial charge >= 0.3 is 0 Å². The van der Waals surface area contributed by atoms with Gasteiger partial charge in [0.15, 0.2) is 5.82 Å². The highest BCUT2D eigenvalue weighted by atomic mass is 35.5. The number of rotatable bonds is 2. The predicted octanol–water partition coefficient (Wildman–Crippen LogP) is 8.11.